The van der Waals surface area contributed by atoms with Gasteiger partial charge in [0.25, 0.3) is 10.0 Å². The molecular formula is C12H11NO6S. The predicted octanol–water partition coefficient (Wildman–Crippen LogP) is 1.79. The molecule has 0 aliphatic rings. The van der Waals surface area contributed by atoms with E-state index in [9.17, 15) is 13.2 Å². The zero-order valence-electron chi connectivity index (χ0n) is 10.4. The highest BCUT2D eigenvalue weighted by molar-refractivity contribution is 7.92. The minimum Gasteiger partial charge on any atom is -0.497 e. The van der Waals surface area contributed by atoms with Crippen molar-refractivity contribution in [2.45, 2.75) is 4.90 Å². The van der Waals surface area contributed by atoms with E-state index < -0.39 is 16.0 Å². The molecule has 1 heterocycles. The summed E-state index contributed by atoms with van der Waals surface area (Å²) in [6.45, 7) is 0. The number of hydrogen-bond donors (Lipinski definition) is 2. The summed E-state index contributed by atoms with van der Waals surface area (Å²) in [6.07, 6.45) is 2.25. The predicted molar refractivity (Wildman–Crippen MR) is 69.5 cm³/mol. The Labute approximate surface area is 114 Å². The van der Waals surface area contributed by atoms with Gasteiger partial charge in [-0.05, 0) is 18.2 Å². The lowest BCUT2D eigenvalue weighted by Gasteiger charge is -2.10. The third kappa shape index (κ3) is 2.75. The Morgan fingerprint density at radius 2 is 2.10 bits per heavy atom. The van der Waals surface area contributed by atoms with Gasteiger partial charge >= 0.3 is 5.97 Å². The number of anilines is 1. The van der Waals surface area contributed by atoms with E-state index in [1.54, 1.807) is 0 Å². The van der Waals surface area contributed by atoms with E-state index in [2.05, 4.69) is 4.72 Å². The minimum atomic E-state index is -3.91. The maximum absolute atomic E-state index is 12.0. The van der Waals surface area contributed by atoms with Crippen molar-refractivity contribution in [2.75, 3.05) is 11.8 Å². The highest BCUT2D eigenvalue weighted by Gasteiger charge is 2.20. The van der Waals surface area contributed by atoms with E-state index in [4.69, 9.17) is 14.3 Å². The minimum absolute atomic E-state index is 0.0851. The molecule has 0 unspecified atom stereocenters. The normalized spacial score (nSPS) is 11.1. The lowest BCUT2D eigenvalue weighted by molar-refractivity contribution is 0.0698. The van der Waals surface area contributed by atoms with Crippen LogP contribution in [0.2, 0.25) is 0 Å². The van der Waals surface area contributed by atoms with Gasteiger partial charge < -0.3 is 14.3 Å². The quantitative estimate of drug-likeness (QED) is 0.871. The second-order valence-electron chi connectivity index (χ2n) is 3.78. The first-order chi connectivity index (χ1) is 9.44. The molecule has 0 radical (unpaired) electrons. The molecule has 0 aliphatic heterocycles. The van der Waals surface area contributed by atoms with Crippen LogP contribution in [-0.2, 0) is 10.0 Å². The molecule has 0 atom stereocenters. The number of aromatic carboxylic acids is 1. The number of carboxylic acid groups (broad SMARTS) is 1. The Balaban J connectivity index is 2.44. The van der Waals surface area contributed by atoms with Gasteiger partial charge in [-0.3, -0.25) is 4.72 Å². The summed E-state index contributed by atoms with van der Waals surface area (Å²) in [4.78, 5) is 11.0. The van der Waals surface area contributed by atoms with Gasteiger partial charge in [0.15, 0.2) is 0 Å². The monoisotopic (exact) mass is 297 g/mol. The lowest BCUT2D eigenvalue weighted by Crippen LogP contribution is -2.15. The molecule has 2 rings (SSSR count). The first-order valence-electron chi connectivity index (χ1n) is 5.40. The van der Waals surface area contributed by atoms with Gasteiger partial charge in [-0.15, -0.1) is 0 Å². The number of carboxylic acids is 1. The molecule has 20 heavy (non-hydrogen) atoms. The van der Waals surface area contributed by atoms with Gasteiger partial charge in [-0.2, -0.15) is 0 Å². The maximum Gasteiger partial charge on any atom is 0.337 e. The number of benzene rings is 1. The molecular weight excluding hydrogens is 286 g/mol. The Kier molecular flexibility index (Phi) is 3.66. The standard InChI is InChI=1S/C12H11NO6S/c1-18-8-2-3-10(12(14)15)11(6-8)13-20(16,17)9-4-5-19-7-9/h2-7,13H,1H3,(H,14,15). The Hall–Kier alpha value is -2.48. The molecule has 0 bridgehead atoms. The largest absolute Gasteiger partial charge is 0.497 e. The third-order valence-electron chi connectivity index (χ3n) is 2.51. The highest BCUT2D eigenvalue weighted by atomic mass is 32.2. The van der Waals surface area contributed by atoms with Crippen molar-refractivity contribution in [1.29, 1.82) is 0 Å². The molecule has 1 aromatic heterocycles. The van der Waals surface area contributed by atoms with Crippen LogP contribution in [0.4, 0.5) is 5.69 Å². The molecule has 1 aromatic carbocycles. The molecule has 8 heteroatoms. The average molecular weight is 297 g/mol. The Bertz CT molecular complexity index is 720. The third-order valence-corrected chi connectivity index (χ3v) is 3.85. The average Bonchev–Trinajstić information content (AvgIpc) is 2.92. The van der Waals surface area contributed by atoms with E-state index in [0.717, 1.165) is 6.26 Å². The van der Waals surface area contributed by atoms with Crippen LogP contribution in [0.5, 0.6) is 5.75 Å². The molecule has 0 aliphatic carbocycles. The molecule has 7 nitrogen and oxygen atoms in total. The molecule has 0 saturated carbocycles. The summed E-state index contributed by atoms with van der Waals surface area (Å²) in [5.41, 5.74) is -0.268. The number of rotatable bonds is 5. The second kappa shape index (κ2) is 5.25. The summed E-state index contributed by atoms with van der Waals surface area (Å²) in [5, 5.41) is 9.06. The van der Waals surface area contributed by atoms with Crippen LogP contribution in [0.3, 0.4) is 0 Å². The fourth-order valence-electron chi connectivity index (χ4n) is 1.53. The van der Waals surface area contributed by atoms with E-state index in [0.29, 0.717) is 5.75 Å². The summed E-state index contributed by atoms with van der Waals surface area (Å²) in [7, 11) is -2.52. The number of ether oxygens (including phenoxy) is 1. The van der Waals surface area contributed by atoms with E-state index in [1.165, 1.54) is 37.6 Å². The number of carbonyl (C=O) groups is 1. The van der Waals surface area contributed by atoms with Gasteiger partial charge in [0.1, 0.15) is 16.9 Å². The van der Waals surface area contributed by atoms with Crippen LogP contribution >= 0.6 is 0 Å². The maximum atomic E-state index is 12.0. The van der Waals surface area contributed by atoms with Crippen LogP contribution in [0, 0.1) is 0 Å². The summed E-state index contributed by atoms with van der Waals surface area (Å²) < 4.78 is 35.9. The number of sulfonamides is 1. The van der Waals surface area contributed by atoms with Crippen LogP contribution in [0.1, 0.15) is 10.4 Å². The van der Waals surface area contributed by atoms with Crippen LogP contribution in [0.15, 0.2) is 46.1 Å². The van der Waals surface area contributed by atoms with Crippen molar-refractivity contribution in [1.82, 2.24) is 0 Å². The summed E-state index contributed by atoms with van der Waals surface area (Å²) in [5.74, 6) is -0.919. The molecule has 0 spiro atoms. The number of methoxy groups -OCH3 is 1. The second-order valence-corrected chi connectivity index (χ2v) is 5.46. The van der Waals surface area contributed by atoms with Crippen LogP contribution in [0.25, 0.3) is 0 Å². The van der Waals surface area contributed by atoms with Crippen molar-refractivity contribution >= 4 is 21.7 Å². The molecule has 0 fully saturated rings. The van der Waals surface area contributed by atoms with Crippen molar-refractivity contribution < 1.29 is 27.5 Å². The fourth-order valence-corrected chi connectivity index (χ4v) is 2.52. The Morgan fingerprint density at radius 3 is 2.65 bits per heavy atom. The summed E-state index contributed by atoms with van der Waals surface area (Å²) >= 11 is 0. The number of nitrogens with one attached hydrogen (secondary N) is 1. The molecule has 106 valence electrons. The molecule has 2 aromatic rings. The van der Waals surface area contributed by atoms with Gasteiger partial charge in [-0.1, -0.05) is 0 Å². The van der Waals surface area contributed by atoms with Crippen LogP contribution < -0.4 is 9.46 Å². The Morgan fingerprint density at radius 1 is 1.35 bits per heavy atom. The smallest absolute Gasteiger partial charge is 0.337 e. The fraction of sp³-hybridized carbons (Fsp3) is 0.0833. The lowest BCUT2D eigenvalue weighted by atomic mass is 10.2. The van der Waals surface area contributed by atoms with Crippen molar-refractivity contribution in [2.24, 2.45) is 0 Å². The van der Waals surface area contributed by atoms with Gasteiger partial charge in [0.05, 0.1) is 24.6 Å². The van der Waals surface area contributed by atoms with Crippen molar-refractivity contribution in [3.8, 4) is 5.75 Å². The zero-order valence-corrected chi connectivity index (χ0v) is 11.2. The SMILES string of the molecule is COc1ccc(C(=O)O)c(NS(=O)(=O)c2ccoc2)c1. The topological polar surface area (TPSA) is 106 Å². The molecule has 0 saturated heterocycles. The first kappa shape index (κ1) is 13.9. The number of hydrogen-bond acceptors (Lipinski definition) is 5. The van der Waals surface area contributed by atoms with Gasteiger partial charge in [0.2, 0.25) is 0 Å². The number of furan rings is 1. The first-order valence-corrected chi connectivity index (χ1v) is 6.88. The molecule has 0 amide bonds. The van der Waals surface area contributed by atoms with Gasteiger partial charge in [0, 0.05) is 6.07 Å². The van der Waals surface area contributed by atoms with Crippen LogP contribution in [-0.4, -0.2) is 26.6 Å². The van der Waals surface area contributed by atoms with Crippen molar-refractivity contribution in [3.63, 3.8) is 0 Å². The zero-order chi connectivity index (χ0) is 14.8. The van der Waals surface area contributed by atoms with Crippen molar-refractivity contribution in [3.05, 3.63) is 42.4 Å². The highest BCUT2D eigenvalue weighted by Crippen LogP contribution is 2.25. The van der Waals surface area contributed by atoms with Gasteiger partial charge in [-0.25, -0.2) is 13.2 Å². The van der Waals surface area contributed by atoms with E-state index in [-0.39, 0.29) is 16.1 Å². The van der Waals surface area contributed by atoms with E-state index in [1.807, 2.05) is 0 Å². The van der Waals surface area contributed by atoms with E-state index >= 15 is 0 Å². The molecule has 2 N–H and O–H groups in total. The summed E-state index contributed by atoms with van der Waals surface area (Å²) in [6, 6.07) is 5.23.